The average molecular weight is 225 g/mol. The van der Waals surface area contributed by atoms with Gasteiger partial charge in [-0.3, -0.25) is 0 Å². The van der Waals surface area contributed by atoms with Crippen molar-refractivity contribution in [1.29, 1.82) is 0 Å². The maximum Gasteiger partial charge on any atom is 0.0679 e. The van der Waals surface area contributed by atoms with Crippen molar-refractivity contribution >= 4 is 0 Å². The third-order valence-electron chi connectivity index (χ3n) is 4.60. The highest BCUT2D eigenvalue weighted by Gasteiger charge is 2.27. The van der Waals surface area contributed by atoms with Crippen LogP contribution in [0.2, 0.25) is 0 Å². The van der Waals surface area contributed by atoms with Gasteiger partial charge in [-0.15, -0.1) is 0 Å². The second-order valence-electron chi connectivity index (χ2n) is 6.23. The lowest BCUT2D eigenvalue weighted by atomic mass is 9.77. The van der Waals surface area contributed by atoms with Crippen LogP contribution >= 0.6 is 0 Å². The monoisotopic (exact) mass is 225 g/mol. The van der Waals surface area contributed by atoms with Crippen molar-refractivity contribution in [2.45, 2.75) is 52.1 Å². The standard InChI is InChI=1S/C14H27NO/c1-11(2)13-5-3-12(4-6-13)9-15-8-7-14(16)10-15/h11-14,16H,3-10H2,1-2H3/t12-,13+,14-/m1/s1. The predicted molar refractivity (Wildman–Crippen MR) is 67.3 cm³/mol. The van der Waals surface area contributed by atoms with E-state index in [2.05, 4.69) is 18.7 Å². The molecule has 0 radical (unpaired) electrons. The Hall–Kier alpha value is -0.0800. The molecule has 1 heterocycles. The molecule has 1 saturated carbocycles. The zero-order chi connectivity index (χ0) is 11.5. The maximum absolute atomic E-state index is 9.50. The van der Waals surface area contributed by atoms with Crippen LogP contribution in [0.4, 0.5) is 0 Å². The van der Waals surface area contributed by atoms with E-state index in [-0.39, 0.29) is 6.10 Å². The zero-order valence-electron chi connectivity index (χ0n) is 10.9. The fourth-order valence-electron chi connectivity index (χ4n) is 3.38. The molecule has 0 spiro atoms. The van der Waals surface area contributed by atoms with Crippen molar-refractivity contribution in [3.05, 3.63) is 0 Å². The van der Waals surface area contributed by atoms with Gasteiger partial charge >= 0.3 is 0 Å². The van der Waals surface area contributed by atoms with E-state index >= 15 is 0 Å². The molecule has 2 rings (SSSR count). The van der Waals surface area contributed by atoms with E-state index in [1.807, 2.05) is 0 Å². The SMILES string of the molecule is CC(C)[C@H]1CC[C@@H](CN2CC[C@@H](O)C2)CC1. The fraction of sp³-hybridized carbons (Fsp3) is 1.00. The Labute approximate surface area is 100 Å². The second-order valence-corrected chi connectivity index (χ2v) is 6.23. The first-order valence-electron chi connectivity index (χ1n) is 7.05. The van der Waals surface area contributed by atoms with E-state index in [4.69, 9.17) is 0 Å². The molecule has 94 valence electrons. The van der Waals surface area contributed by atoms with Gasteiger partial charge in [-0.25, -0.2) is 0 Å². The molecule has 0 aromatic heterocycles. The molecule has 1 N–H and O–H groups in total. The van der Waals surface area contributed by atoms with Crippen molar-refractivity contribution in [1.82, 2.24) is 4.90 Å². The van der Waals surface area contributed by atoms with Crippen LogP contribution in [0.3, 0.4) is 0 Å². The Morgan fingerprint density at radius 1 is 1.12 bits per heavy atom. The Kier molecular flexibility index (Phi) is 4.26. The molecule has 2 nitrogen and oxygen atoms in total. The zero-order valence-corrected chi connectivity index (χ0v) is 10.9. The van der Waals surface area contributed by atoms with E-state index < -0.39 is 0 Å². The summed E-state index contributed by atoms with van der Waals surface area (Å²) < 4.78 is 0. The van der Waals surface area contributed by atoms with Gasteiger partial charge in [0, 0.05) is 19.6 Å². The molecule has 1 atom stereocenters. The van der Waals surface area contributed by atoms with Crippen LogP contribution in [0, 0.1) is 17.8 Å². The number of nitrogens with zero attached hydrogens (tertiary/aromatic N) is 1. The van der Waals surface area contributed by atoms with Gasteiger partial charge in [0.05, 0.1) is 6.10 Å². The molecule has 0 aromatic carbocycles. The highest BCUT2D eigenvalue weighted by atomic mass is 16.3. The number of rotatable bonds is 3. The van der Waals surface area contributed by atoms with E-state index in [1.54, 1.807) is 0 Å². The number of aliphatic hydroxyl groups excluding tert-OH is 1. The number of likely N-dealkylation sites (tertiary alicyclic amines) is 1. The quantitative estimate of drug-likeness (QED) is 0.798. The lowest BCUT2D eigenvalue weighted by Gasteiger charge is -2.32. The smallest absolute Gasteiger partial charge is 0.0679 e. The summed E-state index contributed by atoms with van der Waals surface area (Å²) >= 11 is 0. The molecule has 2 fully saturated rings. The predicted octanol–water partition coefficient (Wildman–Crippen LogP) is 2.52. The summed E-state index contributed by atoms with van der Waals surface area (Å²) in [6.45, 7) is 8.00. The van der Waals surface area contributed by atoms with Crippen molar-refractivity contribution < 1.29 is 5.11 Å². The average Bonchev–Trinajstić information content (AvgIpc) is 2.65. The summed E-state index contributed by atoms with van der Waals surface area (Å²) in [5, 5.41) is 9.50. The highest BCUT2D eigenvalue weighted by Crippen LogP contribution is 2.33. The molecule has 0 bridgehead atoms. The summed E-state index contributed by atoms with van der Waals surface area (Å²) in [5.74, 6) is 2.75. The van der Waals surface area contributed by atoms with Gasteiger partial charge in [0.15, 0.2) is 0 Å². The lowest BCUT2D eigenvalue weighted by Crippen LogP contribution is -2.31. The third kappa shape index (κ3) is 3.21. The van der Waals surface area contributed by atoms with Crippen LogP contribution in [-0.4, -0.2) is 35.7 Å². The van der Waals surface area contributed by atoms with Crippen molar-refractivity contribution in [3.8, 4) is 0 Å². The van der Waals surface area contributed by atoms with E-state index in [9.17, 15) is 5.11 Å². The van der Waals surface area contributed by atoms with Crippen molar-refractivity contribution in [2.24, 2.45) is 17.8 Å². The molecule has 1 saturated heterocycles. The van der Waals surface area contributed by atoms with Gasteiger partial charge < -0.3 is 10.0 Å². The fourth-order valence-corrected chi connectivity index (χ4v) is 3.38. The van der Waals surface area contributed by atoms with Crippen LogP contribution in [0.1, 0.15) is 46.0 Å². The maximum atomic E-state index is 9.50. The largest absolute Gasteiger partial charge is 0.392 e. The minimum atomic E-state index is -0.0491. The van der Waals surface area contributed by atoms with Crippen molar-refractivity contribution in [2.75, 3.05) is 19.6 Å². The Morgan fingerprint density at radius 3 is 2.31 bits per heavy atom. The highest BCUT2D eigenvalue weighted by molar-refractivity contribution is 4.80. The van der Waals surface area contributed by atoms with Crippen LogP contribution in [0.5, 0.6) is 0 Å². The minimum Gasteiger partial charge on any atom is -0.392 e. The number of hydrogen-bond acceptors (Lipinski definition) is 2. The lowest BCUT2D eigenvalue weighted by molar-refractivity contribution is 0.151. The van der Waals surface area contributed by atoms with Crippen LogP contribution < -0.4 is 0 Å². The molecular weight excluding hydrogens is 198 g/mol. The number of aliphatic hydroxyl groups is 1. The Bertz CT molecular complexity index is 209. The van der Waals surface area contributed by atoms with E-state index in [0.717, 1.165) is 37.3 Å². The van der Waals surface area contributed by atoms with Gasteiger partial charge in [0.25, 0.3) is 0 Å². The normalized spacial score (nSPS) is 37.1. The Balaban J connectivity index is 1.69. The molecule has 0 unspecified atom stereocenters. The van der Waals surface area contributed by atoms with Crippen LogP contribution in [0.15, 0.2) is 0 Å². The van der Waals surface area contributed by atoms with Gasteiger partial charge in [-0.05, 0) is 49.9 Å². The molecule has 0 aromatic rings. The third-order valence-corrected chi connectivity index (χ3v) is 4.60. The van der Waals surface area contributed by atoms with Crippen LogP contribution in [-0.2, 0) is 0 Å². The summed E-state index contributed by atoms with van der Waals surface area (Å²) in [6.07, 6.45) is 6.62. The first-order chi connectivity index (χ1) is 7.65. The molecule has 1 aliphatic carbocycles. The molecule has 2 heteroatoms. The molecule has 16 heavy (non-hydrogen) atoms. The molecular formula is C14H27NO. The topological polar surface area (TPSA) is 23.5 Å². The number of hydrogen-bond donors (Lipinski definition) is 1. The summed E-state index contributed by atoms with van der Waals surface area (Å²) in [6, 6.07) is 0. The summed E-state index contributed by atoms with van der Waals surface area (Å²) in [7, 11) is 0. The summed E-state index contributed by atoms with van der Waals surface area (Å²) in [5.41, 5.74) is 0. The first-order valence-corrected chi connectivity index (χ1v) is 7.05. The Morgan fingerprint density at radius 2 is 1.81 bits per heavy atom. The van der Waals surface area contributed by atoms with Gasteiger partial charge in [-0.1, -0.05) is 13.8 Å². The summed E-state index contributed by atoms with van der Waals surface area (Å²) in [4.78, 5) is 2.46. The van der Waals surface area contributed by atoms with Gasteiger partial charge in [0.2, 0.25) is 0 Å². The molecule has 2 aliphatic rings. The number of β-amino-alcohol motifs (C(OH)–C–C–N with tert-alkyl or cyclic N) is 1. The van der Waals surface area contributed by atoms with Crippen molar-refractivity contribution in [3.63, 3.8) is 0 Å². The van der Waals surface area contributed by atoms with Crippen LogP contribution in [0.25, 0.3) is 0 Å². The first kappa shape index (κ1) is 12.4. The van der Waals surface area contributed by atoms with E-state index in [0.29, 0.717) is 0 Å². The van der Waals surface area contributed by atoms with Gasteiger partial charge in [-0.2, -0.15) is 0 Å². The minimum absolute atomic E-state index is 0.0491. The molecule has 0 amide bonds. The second kappa shape index (κ2) is 5.50. The van der Waals surface area contributed by atoms with E-state index in [1.165, 1.54) is 32.2 Å². The molecule has 1 aliphatic heterocycles. The van der Waals surface area contributed by atoms with Gasteiger partial charge in [0.1, 0.15) is 0 Å².